The van der Waals surface area contributed by atoms with E-state index in [1.165, 1.54) is 40.6 Å². The van der Waals surface area contributed by atoms with E-state index in [-0.39, 0.29) is 0 Å². The Balaban J connectivity index is 1.29. The summed E-state index contributed by atoms with van der Waals surface area (Å²) in [7, 11) is 0. The Hall–Kier alpha value is -3.58. The van der Waals surface area contributed by atoms with Crippen molar-refractivity contribution in [3.05, 3.63) is 77.8 Å². The number of H-pyrrole nitrogens is 1. The summed E-state index contributed by atoms with van der Waals surface area (Å²) in [6, 6.07) is 9.25. The van der Waals surface area contributed by atoms with Crippen LogP contribution in [0, 0.1) is 6.92 Å². The number of fused-ring (bicyclic) bond motifs is 2. The van der Waals surface area contributed by atoms with E-state index in [0.717, 1.165) is 42.1 Å². The van der Waals surface area contributed by atoms with Gasteiger partial charge in [-0.2, -0.15) is 5.10 Å². The van der Waals surface area contributed by atoms with Crippen molar-refractivity contribution in [2.45, 2.75) is 52.0 Å². The highest BCUT2D eigenvalue weighted by Gasteiger charge is 2.23. The van der Waals surface area contributed by atoms with Crippen LogP contribution in [0.25, 0.3) is 27.8 Å². The van der Waals surface area contributed by atoms with Crippen molar-refractivity contribution < 1.29 is 0 Å². The Labute approximate surface area is 205 Å². The number of pyridine rings is 1. The quantitative estimate of drug-likeness (QED) is 0.372. The summed E-state index contributed by atoms with van der Waals surface area (Å²) in [5, 5.41) is 5.72. The van der Waals surface area contributed by atoms with Gasteiger partial charge in [-0.1, -0.05) is 19.9 Å². The summed E-state index contributed by atoms with van der Waals surface area (Å²) in [5.74, 6) is 0.985. The second kappa shape index (κ2) is 8.89. The summed E-state index contributed by atoms with van der Waals surface area (Å²) >= 11 is 0. The van der Waals surface area contributed by atoms with Gasteiger partial charge in [0, 0.05) is 47.8 Å². The van der Waals surface area contributed by atoms with Gasteiger partial charge < -0.3 is 4.98 Å². The van der Waals surface area contributed by atoms with Gasteiger partial charge in [0.25, 0.3) is 0 Å². The van der Waals surface area contributed by atoms with Crippen molar-refractivity contribution in [2.75, 3.05) is 13.1 Å². The third-order valence-corrected chi connectivity index (χ3v) is 7.35. The lowest BCUT2D eigenvalue weighted by atomic mass is 9.87. The maximum absolute atomic E-state index is 4.44. The third kappa shape index (κ3) is 4.10. The van der Waals surface area contributed by atoms with Gasteiger partial charge in [0.2, 0.25) is 0 Å². The Kier molecular flexibility index (Phi) is 5.57. The number of rotatable bonds is 5. The van der Waals surface area contributed by atoms with E-state index >= 15 is 0 Å². The first-order valence-corrected chi connectivity index (χ1v) is 12.5. The van der Waals surface area contributed by atoms with Gasteiger partial charge in [-0.15, -0.1) is 0 Å². The molecule has 0 radical (unpaired) electrons. The molecular formula is C28H31N7. The van der Waals surface area contributed by atoms with Gasteiger partial charge >= 0.3 is 0 Å². The fourth-order valence-electron chi connectivity index (χ4n) is 5.61. The maximum atomic E-state index is 4.44. The fraction of sp³-hybridized carbons (Fsp3) is 0.357. The number of piperidine rings is 1. The van der Waals surface area contributed by atoms with Crippen LogP contribution in [0.1, 0.15) is 60.9 Å². The first-order valence-electron chi connectivity index (χ1n) is 12.5. The van der Waals surface area contributed by atoms with E-state index in [1.807, 2.05) is 10.7 Å². The molecule has 0 bridgehead atoms. The van der Waals surface area contributed by atoms with Crippen molar-refractivity contribution in [3.63, 3.8) is 0 Å². The molecule has 0 amide bonds. The number of nitrogens with one attached hydrogen (secondary N) is 1. The van der Waals surface area contributed by atoms with Crippen LogP contribution in [0.2, 0.25) is 0 Å². The molecule has 0 spiro atoms. The molecule has 6 rings (SSSR count). The Morgan fingerprint density at radius 1 is 1.09 bits per heavy atom. The van der Waals surface area contributed by atoms with Gasteiger partial charge in [0.1, 0.15) is 6.33 Å². The van der Waals surface area contributed by atoms with Crippen LogP contribution < -0.4 is 0 Å². The van der Waals surface area contributed by atoms with Crippen LogP contribution in [0.15, 0.2) is 55.4 Å². The van der Waals surface area contributed by atoms with Crippen molar-refractivity contribution in [2.24, 2.45) is 0 Å². The topological polar surface area (TPSA) is 75.0 Å². The van der Waals surface area contributed by atoms with Crippen molar-refractivity contribution in [3.8, 4) is 11.3 Å². The SMILES string of the molecule is Cc1cc(-c2[nH]c3ccc(C4CCN(Cc5cnccn5)CC4)cc3c2C(C)C)cn2ncnc12. The third-order valence-electron chi connectivity index (χ3n) is 7.35. The highest BCUT2D eigenvalue weighted by atomic mass is 15.3. The number of aromatic amines is 1. The molecule has 5 heterocycles. The summed E-state index contributed by atoms with van der Waals surface area (Å²) in [6.45, 7) is 9.72. The van der Waals surface area contributed by atoms with Gasteiger partial charge in [0.05, 0.1) is 11.4 Å². The molecule has 5 aromatic rings. The van der Waals surface area contributed by atoms with Crippen LogP contribution in [0.4, 0.5) is 0 Å². The average Bonchev–Trinajstić information content (AvgIpc) is 3.50. The van der Waals surface area contributed by atoms with Crippen molar-refractivity contribution >= 4 is 16.6 Å². The zero-order valence-electron chi connectivity index (χ0n) is 20.6. The second-order valence-electron chi connectivity index (χ2n) is 10.1. The lowest BCUT2D eigenvalue weighted by Gasteiger charge is -2.32. The largest absolute Gasteiger partial charge is 0.354 e. The minimum absolute atomic E-state index is 0.398. The average molecular weight is 466 g/mol. The number of aryl methyl sites for hydroxylation is 1. The number of aromatic nitrogens is 6. The smallest absolute Gasteiger partial charge is 0.158 e. The molecule has 0 saturated carbocycles. The molecule has 0 atom stereocenters. The van der Waals surface area contributed by atoms with Crippen LogP contribution in [-0.4, -0.2) is 47.5 Å². The molecule has 35 heavy (non-hydrogen) atoms. The molecule has 0 aliphatic carbocycles. The van der Waals surface area contributed by atoms with E-state index in [1.54, 1.807) is 18.7 Å². The molecular weight excluding hydrogens is 434 g/mol. The number of benzene rings is 1. The van der Waals surface area contributed by atoms with Gasteiger partial charge in [-0.3, -0.25) is 14.9 Å². The van der Waals surface area contributed by atoms with Crippen LogP contribution in [0.5, 0.6) is 0 Å². The van der Waals surface area contributed by atoms with E-state index in [0.29, 0.717) is 11.8 Å². The number of hydrogen-bond acceptors (Lipinski definition) is 5. The zero-order chi connectivity index (χ0) is 23.9. The summed E-state index contributed by atoms with van der Waals surface area (Å²) < 4.78 is 1.88. The number of nitrogens with zero attached hydrogens (tertiary/aromatic N) is 6. The minimum Gasteiger partial charge on any atom is -0.354 e. The van der Waals surface area contributed by atoms with E-state index < -0.39 is 0 Å². The highest BCUT2D eigenvalue weighted by molar-refractivity contribution is 5.92. The molecule has 7 heteroatoms. The standard InChI is InChI=1S/C28H31N7/c1-18(2)26-24-13-21(20-6-10-34(11-7-20)16-23-14-29-8-9-30-23)4-5-25(24)33-27(26)22-12-19(3)28-31-17-32-35(28)15-22/h4-5,8-9,12-15,17-18,20,33H,6-7,10-11,16H2,1-3H3. The molecule has 1 aliphatic heterocycles. The summed E-state index contributed by atoms with van der Waals surface area (Å²) in [6.07, 6.45) is 11.4. The Bertz CT molecular complexity index is 1470. The zero-order valence-corrected chi connectivity index (χ0v) is 20.6. The molecule has 1 N–H and O–H groups in total. The van der Waals surface area contributed by atoms with Gasteiger partial charge in [-0.25, -0.2) is 9.50 Å². The number of hydrogen-bond donors (Lipinski definition) is 1. The summed E-state index contributed by atoms with van der Waals surface area (Å²) in [4.78, 5) is 19.2. The molecule has 0 unspecified atom stereocenters. The molecule has 178 valence electrons. The molecule has 1 saturated heterocycles. The van der Waals surface area contributed by atoms with Crippen molar-refractivity contribution in [1.82, 2.24) is 34.4 Å². The van der Waals surface area contributed by atoms with Crippen LogP contribution >= 0.6 is 0 Å². The van der Waals surface area contributed by atoms with Crippen molar-refractivity contribution in [1.29, 1.82) is 0 Å². The minimum atomic E-state index is 0.398. The van der Waals surface area contributed by atoms with Gasteiger partial charge in [-0.05, 0) is 79.6 Å². The molecule has 4 aromatic heterocycles. The van der Waals surface area contributed by atoms with Gasteiger partial charge in [0.15, 0.2) is 5.65 Å². The Morgan fingerprint density at radius 2 is 1.94 bits per heavy atom. The predicted molar refractivity (Wildman–Crippen MR) is 138 cm³/mol. The lowest BCUT2D eigenvalue weighted by Crippen LogP contribution is -2.32. The monoisotopic (exact) mass is 465 g/mol. The normalized spacial score (nSPS) is 15.5. The highest BCUT2D eigenvalue weighted by Crippen LogP contribution is 2.38. The molecule has 1 aromatic carbocycles. The fourth-order valence-corrected chi connectivity index (χ4v) is 5.61. The first-order chi connectivity index (χ1) is 17.1. The van der Waals surface area contributed by atoms with Crippen LogP contribution in [0.3, 0.4) is 0 Å². The predicted octanol–water partition coefficient (Wildman–Crippen LogP) is 5.48. The second-order valence-corrected chi connectivity index (χ2v) is 10.1. The summed E-state index contributed by atoms with van der Waals surface area (Å²) in [5.41, 5.74) is 9.45. The van der Waals surface area contributed by atoms with E-state index in [9.17, 15) is 0 Å². The maximum Gasteiger partial charge on any atom is 0.158 e. The first kappa shape index (κ1) is 21.9. The number of likely N-dealkylation sites (tertiary alicyclic amines) is 1. The molecule has 1 aliphatic rings. The molecule has 7 nitrogen and oxygen atoms in total. The van der Waals surface area contributed by atoms with E-state index in [4.69, 9.17) is 0 Å². The Morgan fingerprint density at radius 3 is 2.71 bits per heavy atom. The van der Waals surface area contributed by atoms with Crippen LogP contribution in [-0.2, 0) is 6.54 Å². The molecule has 1 fully saturated rings. The van der Waals surface area contributed by atoms with E-state index in [2.05, 4.69) is 81.2 Å². The lowest BCUT2D eigenvalue weighted by molar-refractivity contribution is 0.202.